The normalized spacial score (nSPS) is 14.8. The number of anilines is 1. The molecule has 0 bridgehead atoms. The SMILES string of the molecule is COCCN(CCOC)S(=O)(=O)c1ccc(C(=O)NCCN2CCN(c3nc4cc(C)cc(C)c4s3)CC2)cc1. The highest BCUT2D eigenvalue weighted by molar-refractivity contribution is 7.89. The summed E-state index contributed by atoms with van der Waals surface area (Å²) in [5.74, 6) is -0.224. The molecule has 0 radical (unpaired) electrons. The number of fused-ring (bicyclic) bond motifs is 1. The summed E-state index contributed by atoms with van der Waals surface area (Å²) in [5.41, 5.74) is 4.00. The molecule has 4 rings (SSSR count). The van der Waals surface area contributed by atoms with E-state index in [4.69, 9.17) is 14.5 Å². The summed E-state index contributed by atoms with van der Waals surface area (Å²) in [4.78, 5) is 22.4. The molecule has 0 spiro atoms. The first-order valence-electron chi connectivity index (χ1n) is 13.4. The number of piperazine rings is 1. The summed E-state index contributed by atoms with van der Waals surface area (Å²) in [7, 11) is -0.673. The fourth-order valence-corrected chi connectivity index (χ4v) is 7.23. The average molecular weight is 590 g/mol. The van der Waals surface area contributed by atoms with Crippen LogP contribution in [0.25, 0.3) is 10.2 Å². The van der Waals surface area contributed by atoms with Crippen LogP contribution >= 0.6 is 11.3 Å². The molecule has 2 aromatic carbocycles. The monoisotopic (exact) mass is 589 g/mol. The number of hydrogen-bond donors (Lipinski definition) is 1. The fraction of sp³-hybridized carbons (Fsp3) is 0.500. The van der Waals surface area contributed by atoms with Crippen molar-refractivity contribution < 1.29 is 22.7 Å². The van der Waals surface area contributed by atoms with Crippen LogP contribution in [0.15, 0.2) is 41.3 Å². The van der Waals surface area contributed by atoms with Crippen LogP contribution in [0.3, 0.4) is 0 Å². The number of carbonyl (C=O) groups is 1. The molecular formula is C28H39N5O5S2. The van der Waals surface area contributed by atoms with Crippen molar-refractivity contribution in [3.63, 3.8) is 0 Å². The Balaban J connectivity index is 1.25. The predicted octanol–water partition coefficient (Wildman–Crippen LogP) is 2.75. The van der Waals surface area contributed by atoms with Crippen molar-refractivity contribution in [2.75, 3.05) is 84.7 Å². The highest BCUT2D eigenvalue weighted by Gasteiger charge is 2.24. The maximum Gasteiger partial charge on any atom is 0.251 e. The molecule has 1 aliphatic heterocycles. The van der Waals surface area contributed by atoms with Crippen LogP contribution in [0, 0.1) is 13.8 Å². The van der Waals surface area contributed by atoms with Crippen LogP contribution in [0.5, 0.6) is 0 Å². The Morgan fingerprint density at radius 3 is 2.30 bits per heavy atom. The van der Waals surface area contributed by atoms with Crippen molar-refractivity contribution in [2.24, 2.45) is 0 Å². The number of thiazole rings is 1. The van der Waals surface area contributed by atoms with E-state index in [0.29, 0.717) is 12.1 Å². The van der Waals surface area contributed by atoms with Gasteiger partial charge in [0, 0.05) is 72.1 Å². The number of nitrogens with zero attached hydrogens (tertiary/aromatic N) is 4. The molecule has 2 heterocycles. The second-order valence-electron chi connectivity index (χ2n) is 9.93. The number of aryl methyl sites for hydroxylation is 2. The van der Waals surface area contributed by atoms with Crippen molar-refractivity contribution in [2.45, 2.75) is 18.7 Å². The zero-order chi connectivity index (χ0) is 28.7. The number of benzene rings is 2. The van der Waals surface area contributed by atoms with Gasteiger partial charge in [-0.1, -0.05) is 17.4 Å². The van der Waals surface area contributed by atoms with Gasteiger partial charge in [-0.25, -0.2) is 13.4 Å². The quantitative estimate of drug-likeness (QED) is 0.325. The summed E-state index contributed by atoms with van der Waals surface area (Å²) in [6.07, 6.45) is 0. The molecule has 10 nitrogen and oxygen atoms in total. The van der Waals surface area contributed by atoms with Crippen LogP contribution in [0.1, 0.15) is 21.5 Å². The van der Waals surface area contributed by atoms with E-state index in [1.54, 1.807) is 23.5 Å². The summed E-state index contributed by atoms with van der Waals surface area (Å²) in [5, 5.41) is 4.03. The number of sulfonamides is 1. The average Bonchev–Trinajstić information content (AvgIpc) is 3.38. The van der Waals surface area contributed by atoms with Gasteiger partial charge in [0.1, 0.15) is 0 Å². The van der Waals surface area contributed by atoms with Crippen LogP contribution in [-0.4, -0.2) is 108 Å². The van der Waals surface area contributed by atoms with Crippen molar-refractivity contribution in [1.29, 1.82) is 0 Å². The second kappa shape index (κ2) is 13.8. The molecule has 1 fully saturated rings. The van der Waals surface area contributed by atoms with Crippen molar-refractivity contribution >= 4 is 42.6 Å². The molecule has 0 aliphatic carbocycles. The number of aromatic nitrogens is 1. The molecule has 1 aliphatic rings. The number of rotatable bonds is 13. The lowest BCUT2D eigenvalue weighted by molar-refractivity contribution is 0.0947. The van der Waals surface area contributed by atoms with Gasteiger partial charge in [-0.3, -0.25) is 9.69 Å². The first-order chi connectivity index (χ1) is 19.2. The summed E-state index contributed by atoms with van der Waals surface area (Å²) in [6, 6.07) is 10.4. The Bertz CT molecular complexity index is 1380. The summed E-state index contributed by atoms with van der Waals surface area (Å²) in [6.45, 7) is 10.1. The van der Waals surface area contributed by atoms with E-state index in [1.807, 2.05) is 0 Å². The van der Waals surface area contributed by atoms with E-state index < -0.39 is 10.0 Å². The van der Waals surface area contributed by atoms with Crippen molar-refractivity contribution in [1.82, 2.24) is 19.5 Å². The molecule has 12 heteroatoms. The molecule has 1 saturated heterocycles. The van der Waals surface area contributed by atoms with Crippen molar-refractivity contribution in [3.05, 3.63) is 53.1 Å². The highest BCUT2D eigenvalue weighted by atomic mass is 32.2. The Hall–Kier alpha value is -2.61. The lowest BCUT2D eigenvalue weighted by atomic mass is 10.1. The third kappa shape index (κ3) is 7.36. The summed E-state index contributed by atoms with van der Waals surface area (Å²) < 4.78 is 38.8. The number of methoxy groups -OCH3 is 2. The smallest absolute Gasteiger partial charge is 0.251 e. The van der Waals surface area contributed by atoms with E-state index >= 15 is 0 Å². The van der Waals surface area contributed by atoms with E-state index in [2.05, 4.69) is 41.1 Å². The minimum absolute atomic E-state index is 0.132. The minimum atomic E-state index is -3.73. The lowest BCUT2D eigenvalue weighted by Gasteiger charge is -2.34. The van der Waals surface area contributed by atoms with Gasteiger partial charge in [0.15, 0.2) is 5.13 Å². The molecule has 218 valence electrons. The zero-order valence-corrected chi connectivity index (χ0v) is 25.3. The molecular weight excluding hydrogens is 550 g/mol. The van der Waals surface area contributed by atoms with Gasteiger partial charge >= 0.3 is 0 Å². The third-order valence-electron chi connectivity index (χ3n) is 7.01. The number of nitrogens with one attached hydrogen (secondary N) is 1. The molecule has 0 unspecified atom stereocenters. The van der Waals surface area contributed by atoms with Gasteiger partial charge in [0.2, 0.25) is 10.0 Å². The van der Waals surface area contributed by atoms with Crippen LogP contribution in [-0.2, 0) is 19.5 Å². The van der Waals surface area contributed by atoms with E-state index in [9.17, 15) is 13.2 Å². The topological polar surface area (TPSA) is 104 Å². The van der Waals surface area contributed by atoms with Gasteiger partial charge in [-0.15, -0.1) is 0 Å². The maximum atomic E-state index is 13.1. The third-order valence-corrected chi connectivity index (χ3v) is 10.2. The molecule has 0 saturated carbocycles. The van der Waals surface area contributed by atoms with Gasteiger partial charge in [-0.05, 0) is 55.3 Å². The predicted molar refractivity (Wildman–Crippen MR) is 159 cm³/mol. The lowest BCUT2D eigenvalue weighted by Crippen LogP contribution is -2.48. The van der Waals surface area contributed by atoms with E-state index in [0.717, 1.165) is 43.4 Å². The minimum Gasteiger partial charge on any atom is -0.383 e. The summed E-state index contributed by atoms with van der Waals surface area (Å²) >= 11 is 1.76. The van der Waals surface area contributed by atoms with Crippen LogP contribution in [0.2, 0.25) is 0 Å². The Morgan fingerprint density at radius 2 is 1.68 bits per heavy atom. The largest absolute Gasteiger partial charge is 0.383 e. The van der Waals surface area contributed by atoms with Gasteiger partial charge < -0.3 is 19.7 Å². The molecule has 1 aromatic heterocycles. The first-order valence-corrected chi connectivity index (χ1v) is 15.7. The first kappa shape index (κ1) is 30.4. The standard InChI is InChI=1S/C28H39N5O5S2/c1-21-19-22(2)26-25(20-21)30-28(39-26)32-13-11-31(12-14-32)10-9-29-27(34)23-5-7-24(8-6-23)40(35,36)33(15-17-37-3)16-18-38-4/h5-8,19-20H,9-18H2,1-4H3,(H,29,34). The van der Waals surface area contributed by atoms with Gasteiger partial charge in [0.05, 0.1) is 28.3 Å². The Labute approximate surface area is 240 Å². The Kier molecular flexibility index (Phi) is 10.5. The van der Waals surface area contributed by atoms with E-state index in [-0.39, 0.29) is 37.1 Å². The van der Waals surface area contributed by atoms with Crippen LogP contribution < -0.4 is 10.2 Å². The molecule has 1 amide bonds. The molecule has 40 heavy (non-hydrogen) atoms. The highest BCUT2D eigenvalue weighted by Crippen LogP contribution is 2.32. The fourth-order valence-electron chi connectivity index (χ4n) is 4.76. The maximum absolute atomic E-state index is 13.1. The van der Waals surface area contributed by atoms with Crippen LogP contribution in [0.4, 0.5) is 5.13 Å². The zero-order valence-electron chi connectivity index (χ0n) is 23.7. The molecule has 0 atom stereocenters. The molecule has 3 aromatic rings. The number of carbonyl (C=O) groups excluding carboxylic acids is 1. The second-order valence-corrected chi connectivity index (χ2v) is 12.8. The van der Waals surface area contributed by atoms with Gasteiger partial charge in [0.25, 0.3) is 5.91 Å². The number of hydrogen-bond acceptors (Lipinski definition) is 9. The number of amides is 1. The van der Waals surface area contributed by atoms with E-state index in [1.165, 1.54) is 46.5 Å². The van der Waals surface area contributed by atoms with Crippen molar-refractivity contribution in [3.8, 4) is 0 Å². The molecule has 1 N–H and O–H groups in total. The van der Waals surface area contributed by atoms with Gasteiger partial charge in [-0.2, -0.15) is 4.31 Å². The number of ether oxygens (including phenoxy) is 2. The Morgan fingerprint density at radius 1 is 1.02 bits per heavy atom.